The van der Waals surface area contributed by atoms with E-state index in [1.807, 2.05) is 37.3 Å². The van der Waals surface area contributed by atoms with Crippen LogP contribution in [0.5, 0.6) is 0 Å². The van der Waals surface area contributed by atoms with Crippen molar-refractivity contribution in [2.75, 3.05) is 5.32 Å². The molecule has 4 nitrogen and oxygen atoms in total. The molecule has 18 heavy (non-hydrogen) atoms. The molecule has 0 spiro atoms. The van der Waals surface area contributed by atoms with Crippen molar-refractivity contribution in [3.63, 3.8) is 0 Å². The van der Waals surface area contributed by atoms with Crippen molar-refractivity contribution in [2.45, 2.75) is 13.0 Å². The Labute approximate surface area is 105 Å². The molecular formula is C14H14N2O2. The van der Waals surface area contributed by atoms with E-state index in [0.717, 1.165) is 5.56 Å². The summed E-state index contributed by atoms with van der Waals surface area (Å²) in [5, 5.41) is 12.0. The van der Waals surface area contributed by atoms with Crippen LogP contribution in [0, 0.1) is 0 Å². The summed E-state index contributed by atoms with van der Waals surface area (Å²) >= 11 is 0. The van der Waals surface area contributed by atoms with Crippen LogP contribution in [0.2, 0.25) is 0 Å². The topological polar surface area (TPSA) is 62.2 Å². The third-order valence-electron chi connectivity index (χ3n) is 2.63. The van der Waals surface area contributed by atoms with Crippen LogP contribution < -0.4 is 5.32 Å². The van der Waals surface area contributed by atoms with Gasteiger partial charge in [0.25, 0.3) is 0 Å². The average molecular weight is 242 g/mol. The van der Waals surface area contributed by atoms with Gasteiger partial charge in [0, 0.05) is 6.04 Å². The molecule has 4 heteroatoms. The second kappa shape index (κ2) is 5.31. The van der Waals surface area contributed by atoms with Crippen molar-refractivity contribution in [1.82, 2.24) is 4.98 Å². The van der Waals surface area contributed by atoms with Gasteiger partial charge in [0.05, 0.1) is 0 Å². The van der Waals surface area contributed by atoms with E-state index in [4.69, 9.17) is 5.11 Å². The van der Waals surface area contributed by atoms with Crippen molar-refractivity contribution in [3.05, 3.63) is 59.8 Å². The first kappa shape index (κ1) is 12.1. The van der Waals surface area contributed by atoms with Gasteiger partial charge in [-0.15, -0.1) is 0 Å². The Kier molecular flexibility index (Phi) is 3.57. The summed E-state index contributed by atoms with van der Waals surface area (Å²) in [6.07, 6.45) is 0. The third kappa shape index (κ3) is 2.85. The maximum atomic E-state index is 10.8. The van der Waals surface area contributed by atoms with E-state index < -0.39 is 5.97 Å². The fourth-order valence-electron chi connectivity index (χ4n) is 1.68. The minimum Gasteiger partial charge on any atom is -0.477 e. The average Bonchev–Trinajstić information content (AvgIpc) is 2.40. The molecule has 0 aliphatic rings. The number of benzene rings is 1. The monoisotopic (exact) mass is 242 g/mol. The van der Waals surface area contributed by atoms with Crippen LogP contribution in [0.15, 0.2) is 48.5 Å². The smallest absolute Gasteiger partial charge is 0.354 e. The van der Waals surface area contributed by atoms with Crippen molar-refractivity contribution in [3.8, 4) is 0 Å². The van der Waals surface area contributed by atoms with E-state index in [-0.39, 0.29) is 11.7 Å². The number of anilines is 1. The Bertz CT molecular complexity index is 541. The summed E-state index contributed by atoms with van der Waals surface area (Å²) in [7, 11) is 0. The number of hydrogen-bond donors (Lipinski definition) is 2. The fourth-order valence-corrected chi connectivity index (χ4v) is 1.68. The molecule has 0 bridgehead atoms. The molecule has 0 saturated carbocycles. The highest BCUT2D eigenvalue weighted by Crippen LogP contribution is 2.17. The van der Waals surface area contributed by atoms with Crippen molar-refractivity contribution < 1.29 is 9.90 Å². The Morgan fingerprint density at radius 2 is 1.89 bits per heavy atom. The van der Waals surface area contributed by atoms with E-state index in [1.54, 1.807) is 12.1 Å². The first-order chi connectivity index (χ1) is 8.66. The van der Waals surface area contributed by atoms with Gasteiger partial charge in [-0.3, -0.25) is 0 Å². The van der Waals surface area contributed by atoms with E-state index >= 15 is 0 Å². The lowest BCUT2D eigenvalue weighted by molar-refractivity contribution is 0.0690. The van der Waals surface area contributed by atoms with Gasteiger partial charge in [0.2, 0.25) is 0 Å². The maximum absolute atomic E-state index is 10.8. The number of hydrogen-bond acceptors (Lipinski definition) is 3. The Balaban J connectivity index is 2.14. The number of pyridine rings is 1. The summed E-state index contributed by atoms with van der Waals surface area (Å²) < 4.78 is 0. The van der Waals surface area contributed by atoms with Gasteiger partial charge in [-0.05, 0) is 24.6 Å². The standard InChI is InChI=1S/C14H14N2O2/c1-10(11-6-3-2-4-7-11)15-13-9-5-8-12(16-13)14(17)18/h2-10H,1H3,(H,15,16)(H,17,18). The van der Waals surface area contributed by atoms with Gasteiger partial charge in [-0.2, -0.15) is 0 Å². The van der Waals surface area contributed by atoms with Crippen LogP contribution in [0.3, 0.4) is 0 Å². The number of carboxylic acid groups (broad SMARTS) is 1. The molecule has 1 unspecified atom stereocenters. The Morgan fingerprint density at radius 1 is 1.17 bits per heavy atom. The van der Waals surface area contributed by atoms with E-state index in [1.165, 1.54) is 6.07 Å². The minimum absolute atomic E-state index is 0.0419. The zero-order valence-corrected chi connectivity index (χ0v) is 10.00. The minimum atomic E-state index is -1.02. The number of nitrogens with zero attached hydrogens (tertiary/aromatic N) is 1. The molecule has 0 amide bonds. The molecule has 1 atom stereocenters. The van der Waals surface area contributed by atoms with E-state index in [0.29, 0.717) is 5.82 Å². The lowest BCUT2D eigenvalue weighted by atomic mass is 10.1. The predicted molar refractivity (Wildman–Crippen MR) is 69.7 cm³/mol. The first-order valence-electron chi connectivity index (χ1n) is 5.68. The first-order valence-corrected chi connectivity index (χ1v) is 5.68. The second-order valence-corrected chi connectivity index (χ2v) is 3.99. The van der Waals surface area contributed by atoms with Gasteiger partial charge in [-0.1, -0.05) is 36.4 Å². The number of rotatable bonds is 4. The molecule has 0 aliphatic carbocycles. The zero-order chi connectivity index (χ0) is 13.0. The highest BCUT2D eigenvalue weighted by atomic mass is 16.4. The summed E-state index contributed by atoms with van der Waals surface area (Å²) in [5.74, 6) is -0.461. The molecule has 0 saturated heterocycles. The number of aromatic carboxylic acids is 1. The molecule has 92 valence electrons. The fraction of sp³-hybridized carbons (Fsp3) is 0.143. The number of carboxylic acids is 1. The van der Waals surface area contributed by atoms with Crippen molar-refractivity contribution >= 4 is 11.8 Å². The summed E-state index contributed by atoms with van der Waals surface area (Å²) in [6, 6.07) is 14.9. The van der Waals surface area contributed by atoms with E-state index in [2.05, 4.69) is 10.3 Å². The Morgan fingerprint density at radius 3 is 2.56 bits per heavy atom. The molecule has 2 aromatic rings. The number of carbonyl (C=O) groups is 1. The quantitative estimate of drug-likeness (QED) is 0.865. The van der Waals surface area contributed by atoms with Crippen LogP contribution in [-0.2, 0) is 0 Å². The van der Waals surface area contributed by atoms with Gasteiger partial charge < -0.3 is 10.4 Å². The van der Waals surface area contributed by atoms with Gasteiger partial charge >= 0.3 is 5.97 Å². The molecule has 2 N–H and O–H groups in total. The lowest BCUT2D eigenvalue weighted by Gasteiger charge is -2.14. The molecule has 1 heterocycles. The molecular weight excluding hydrogens is 228 g/mol. The maximum Gasteiger partial charge on any atom is 0.354 e. The Hall–Kier alpha value is -2.36. The van der Waals surface area contributed by atoms with Crippen LogP contribution in [0.4, 0.5) is 5.82 Å². The number of aromatic nitrogens is 1. The van der Waals surface area contributed by atoms with Crippen LogP contribution in [-0.4, -0.2) is 16.1 Å². The lowest BCUT2D eigenvalue weighted by Crippen LogP contribution is -2.09. The molecule has 2 rings (SSSR count). The SMILES string of the molecule is CC(Nc1cccc(C(=O)O)n1)c1ccccc1. The summed E-state index contributed by atoms with van der Waals surface area (Å²) in [6.45, 7) is 2.00. The summed E-state index contributed by atoms with van der Waals surface area (Å²) in [4.78, 5) is 14.8. The molecule has 1 aromatic carbocycles. The third-order valence-corrected chi connectivity index (χ3v) is 2.63. The second-order valence-electron chi connectivity index (χ2n) is 3.99. The van der Waals surface area contributed by atoms with Crippen molar-refractivity contribution in [2.24, 2.45) is 0 Å². The normalized spacial score (nSPS) is 11.8. The van der Waals surface area contributed by atoms with Gasteiger partial charge in [-0.25, -0.2) is 9.78 Å². The van der Waals surface area contributed by atoms with Gasteiger partial charge in [0.1, 0.15) is 5.82 Å². The highest BCUT2D eigenvalue weighted by molar-refractivity contribution is 5.85. The van der Waals surface area contributed by atoms with Crippen LogP contribution in [0.1, 0.15) is 29.0 Å². The van der Waals surface area contributed by atoms with Crippen LogP contribution in [0.25, 0.3) is 0 Å². The van der Waals surface area contributed by atoms with Crippen LogP contribution >= 0.6 is 0 Å². The number of nitrogens with one attached hydrogen (secondary N) is 1. The molecule has 1 aromatic heterocycles. The predicted octanol–water partition coefficient (Wildman–Crippen LogP) is 2.95. The zero-order valence-electron chi connectivity index (χ0n) is 10.00. The largest absolute Gasteiger partial charge is 0.477 e. The molecule has 0 fully saturated rings. The summed E-state index contributed by atoms with van der Waals surface area (Å²) in [5.41, 5.74) is 1.17. The van der Waals surface area contributed by atoms with Crippen molar-refractivity contribution in [1.29, 1.82) is 0 Å². The molecule has 0 radical (unpaired) electrons. The molecule has 0 aliphatic heterocycles. The van der Waals surface area contributed by atoms with Gasteiger partial charge in [0.15, 0.2) is 5.69 Å². The highest BCUT2D eigenvalue weighted by Gasteiger charge is 2.08. The van der Waals surface area contributed by atoms with E-state index in [9.17, 15) is 4.79 Å².